The van der Waals surface area contributed by atoms with Gasteiger partial charge in [0, 0.05) is 19.1 Å². The third kappa shape index (κ3) is 4.83. The first kappa shape index (κ1) is 17.0. The highest BCUT2D eigenvalue weighted by molar-refractivity contribution is 9.10. The van der Waals surface area contributed by atoms with Gasteiger partial charge in [-0.25, -0.2) is 0 Å². The zero-order chi connectivity index (χ0) is 15.9. The lowest BCUT2D eigenvalue weighted by Crippen LogP contribution is -2.30. The number of hydrogen-bond acceptors (Lipinski definition) is 3. The first-order valence-electron chi connectivity index (χ1n) is 7.35. The smallest absolute Gasteiger partial charge is 0.133 e. The Kier molecular flexibility index (Phi) is 6.43. The molecule has 0 bridgehead atoms. The second-order valence-electron chi connectivity index (χ2n) is 5.58. The predicted molar refractivity (Wildman–Crippen MR) is 95.3 cm³/mol. The van der Waals surface area contributed by atoms with E-state index in [1.54, 1.807) is 7.11 Å². The number of likely N-dealkylation sites (N-methyl/N-ethyl adjacent to an activating group) is 1. The van der Waals surface area contributed by atoms with E-state index in [1.165, 1.54) is 11.1 Å². The van der Waals surface area contributed by atoms with Gasteiger partial charge in [0.1, 0.15) is 5.75 Å². The minimum atomic E-state index is 0.303. The molecule has 0 fully saturated rings. The summed E-state index contributed by atoms with van der Waals surface area (Å²) in [5.74, 6) is 0.858. The fourth-order valence-electron chi connectivity index (χ4n) is 2.40. The SMILES string of the molecule is COc1ccc(CNC(CN(C)C)c2ccccc2)cc1Br. The van der Waals surface area contributed by atoms with Crippen LogP contribution in [0, 0.1) is 0 Å². The van der Waals surface area contributed by atoms with Crippen LogP contribution < -0.4 is 10.1 Å². The van der Waals surface area contributed by atoms with Crippen molar-refractivity contribution in [2.24, 2.45) is 0 Å². The number of benzene rings is 2. The Balaban J connectivity index is 2.06. The van der Waals surface area contributed by atoms with Gasteiger partial charge in [0.25, 0.3) is 0 Å². The Morgan fingerprint density at radius 1 is 1.14 bits per heavy atom. The topological polar surface area (TPSA) is 24.5 Å². The molecule has 0 aliphatic rings. The highest BCUT2D eigenvalue weighted by Gasteiger charge is 2.12. The van der Waals surface area contributed by atoms with Gasteiger partial charge >= 0.3 is 0 Å². The maximum Gasteiger partial charge on any atom is 0.133 e. The van der Waals surface area contributed by atoms with E-state index in [1.807, 2.05) is 6.07 Å². The number of ether oxygens (including phenoxy) is 1. The van der Waals surface area contributed by atoms with Crippen LogP contribution in [0.2, 0.25) is 0 Å². The lowest BCUT2D eigenvalue weighted by Gasteiger charge is -2.23. The lowest BCUT2D eigenvalue weighted by molar-refractivity contribution is 0.340. The molecule has 2 aromatic rings. The Morgan fingerprint density at radius 3 is 2.45 bits per heavy atom. The number of nitrogens with one attached hydrogen (secondary N) is 1. The zero-order valence-electron chi connectivity index (χ0n) is 13.3. The molecule has 1 unspecified atom stereocenters. The van der Waals surface area contributed by atoms with Crippen molar-refractivity contribution >= 4 is 15.9 Å². The molecule has 2 rings (SSSR count). The fourth-order valence-corrected chi connectivity index (χ4v) is 2.99. The van der Waals surface area contributed by atoms with E-state index in [4.69, 9.17) is 4.74 Å². The molecule has 0 saturated carbocycles. The highest BCUT2D eigenvalue weighted by atomic mass is 79.9. The van der Waals surface area contributed by atoms with Crippen molar-refractivity contribution in [3.05, 3.63) is 64.1 Å². The van der Waals surface area contributed by atoms with E-state index >= 15 is 0 Å². The summed E-state index contributed by atoms with van der Waals surface area (Å²) in [5.41, 5.74) is 2.54. The second kappa shape index (κ2) is 8.32. The number of halogens is 1. The molecule has 1 atom stereocenters. The van der Waals surface area contributed by atoms with Crippen molar-refractivity contribution < 1.29 is 4.74 Å². The molecule has 0 aromatic heterocycles. The van der Waals surface area contributed by atoms with E-state index in [-0.39, 0.29) is 0 Å². The van der Waals surface area contributed by atoms with Crippen molar-refractivity contribution in [2.75, 3.05) is 27.7 Å². The average molecular weight is 363 g/mol. The summed E-state index contributed by atoms with van der Waals surface area (Å²) in [6, 6.07) is 17.1. The third-order valence-electron chi connectivity index (χ3n) is 3.52. The van der Waals surface area contributed by atoms with E-state index in [0.717, 1.165) is 23.3 Å². The summed E-state index contributed by atoms with van der Waals surface area (Å²) in [6.07, 6.45) is 0. The minimum absolute atomic E-state index is 0.303. The molecule has 0 spiro atoms. The van der Waals surface area contributed by atoms with Crippen LogP contribution in [0.25, 0.3) is 0 Å². The summed E-state index contributed by atoms with van der Waals surface area (Å²) < 4.78 is 6.26. The normalized spacial score (nSPS) is 12.4. The van der Waals surface area contributed by atoms with Crippen molar-refractivity contribution in [3.8, 4) is 5.75 Å². The number of rotatable bonds is 7. The molecule has 4 heteroatoms. The fraction of sp³-hybridized carbons (Fsp3) is 0.333. The lowest BCUT2D eigenvalue weighted by atomic mass is 10.1. The molecule has 0 aliphatic carbocycles. The molecule has 2 aromatic carbocycles. The van der Waals surface area contributed by atoms with Gasteiger partial charge in [-0.15, -0.1) is 0 Å². The molecule has 0 saturated heterocycles. The summed E-state index contributed by atoms with van der Waals surface area (Å²) in [7, 11) is 5.88. The largest absolute Gasteiger partial charge is 0.496 e. The molecule has 0 aliphatic heterocycles. The minimum Gasteiger partial charge on any atom is -0.496 e. The van der Waals surface area contributed by atoms with Gasteiger partial charge in [-0.2, -0.15) is 0 Å². The third-order valence-corrected chi connectivity index (χ3v) is 4.14. The van der Waals surface area contributed by atoms with Crippen LogP contribution >= 0.6 is 15.9 Å². The van der Waals surface area contributed by atoms with Crippen LogP contribution in [-0.2, 0) is 6.54 Å². The molecule has 1 N–H and O–H groups in total. The highest BCUT2D eigenvalue weighted by Crippen LogP contribution is 2.25. The maximum absolute atomic E-state index is 5.27. The van der Waals surface area contributed by atoms with Crippen LogP contribution in [0.4, 0.5) is 0 Å². The molecule has 3 nitrogen and oxygen atoms in total. The standard InChI is InChI=1S/C18H23BrN2O/c1-21(2)13-17(15-7-5-4-6-8-15)20-12-14-9-10-18(22-3)16(19)11-14/h4-11,17,20H,12-13H2,1-3H3. The van der Waals surface area contributed by atoms with E-state index in [2.05, 4.69) is 82.7 Å². The van der Waals surface area contributed by atoms with Crippen molar-refractivity contribution in [1.29, 1.82) is 0 Å². The van der Waals surface area contributed by atoms with Crippen LogP contribution in [-0.4, -0.2) is 32.6 Å². The quantitative estimate of drug-likeness (QED) is 0.809. The number of hydrogen-bond donors (Lipinski definition) is 1. The predicted octanol–water partition coefficient (Wildman–Crippen LogP) is 3.85. The summed E-state index contributed by atoms with van der Waals surface area (Å²) in [4.78, 5) is 2.20. The molecule has 118 valence electrons. The van der Waals surface area contributed by atoms with Crippen LogP contribution in [0.3, 0.4) is 0 Å². The number of nitrogens with zero attached hydrogens (tertiary/aromatic N) is 1. The molecule has 0 radical (unpaired) electrons. The maximum atomic E-state index is 5.27. The van der Waals surface area contributed by atoms with E-state index < -0.39 is 0 Å². The van der Waals surface area contributed by atoms with Crippen molar-refractivity contribution in [2.45, 2.75) is 12.6 Å². The molecule has 22 heavy (non-hydrogen) atoms. The summed E-state index contributed by atoms with van der Waals surface area (Å²) in [6.45, 7) is 1.78. The van der Waals surface area contributed by atoms with Crippen LogP contribution in [0.15, 0.2) is 53.0 Å². The van der Waals surface area contributed by atoms with Crippen molar-refractivity contribution in [3.63, 3.8) is 0 Å². The van der Waals surface area contributed by atoms with Crippen molar-refractivity contribution in [1.82, 2.24) is 10.2 Å². The van der Waals surface area contributed by atoms with Gasteiger partial charge in [-0.1, -0.05) is 36.4 Å². The Labute approximate surface area is 141 Å². The number of methoxy groups -OCH3 is 1. The van der Waals surface area contributed by atoms with Gasteiger partial charge in [-0.3, -0.25) is 0 Å². The molecular formula is C18H23BrN2O. The molecule has 0 amide bonds. The summed E-state index contributed by atoms with van der Waals surface area (Å²) >= 11 is 3.54. The van der Waals surface area contributed by atoms with Gasteiger partial charge in [0.05, 0.1) is 11.6 Å². The summed E-state index contributed by atoms with van der Waals surface area (Å²) in [5, 5.41) is 3.65. The monoisotopic (exact) mass is 362 g/mol. The molecule has 0 heterocycles. The molecular weight excluding hydrogens is 340 g/mol. The van der Waals surface area contributed by atoms with Gasteiger partial charge in [0.15, 0.2) is 0 Å². The van der Waals surface area contributed by atoms with Crippen LogP contribution in [0.5, 0.6) is 5.75 Å². The van der Waals surface area contributed by atoms with Crippen LogP contribution in [0.1, 0.15) is 17.2 Å². The second-order valence-corrected chi connectivity index (χ2v) is 6.43. The van der Waals surface area contributed by atoms with E-state index in [9.17, 15) is 0 Å². The zero-order valence-corrected chi connectivity index (χ0v) is 14.9. The first-order chi connectivity index (χ1) is 10.6. The Morgan fingerprint density at radius 2 is 1.86 bits per heavy atom. The average Bonchev–Trinajstić information content (AvgIpc) is 2.52. The first-order valence-corrected chi connectivity index (χ1v) is 8.15. The Hall–Kier alpha value is -1.36. The van der Waals surface area contributed by atoms with Gasteiger partial charge in [-0.05, 0) is 53.3 Å². The van der Waals surface area contributed by atoms with E-state index in [0.29, 0.717) is 6.04 Å². The Bertz CT molecular complexity index is 587. The van der Waals surface area contributed by atoms with Gasteiger partial charge < -0.3 is 15.0 Å². The van der Waals surface area contributed by atoms with Gasteiger partial charge in [0.2, 0.25) is 0 Å².